The second-order valence-electron chi connectivity index (χ2n) is 4.92. The van der Waals surface area contributed by atoms with Gasteiger partial charge in [0.1, 0.15) is 17.9 Å². The Labute approximate surface area is 130 Å². The van der Waals surface area contributed by atoms with Crippen LogP contribution in [0, 0.1) is 5.82 Å². The minimum absolute atomic E-state index is 0.0993. The van der Waals surface area contributed by atoms with E-state index in [9.17, 15) is 14.3 Å². The molecule has 1 N–H and O–H groups in total. The highest BCUT2D eigenvalue weighted by molar-refractivity contribution is 5.94. The van der Waals surface area contributed by atoms with Crippen LogP contribution in [0.5, 0.6) is 0 Å². The first-order valence-electron chi connectivity index (χ1n) is 6.99. The molecule has 0 aliphatic carbocycles. The van der Waals surface area contributed by atoms with Crippen molar-refractivity contribution in [2.24, 2.45) is 0 Å². The van der Waals surface area contributed by atoms with E-state index in [4.69, 9.17) is 0 Å². The van der Waals surface area contributed by atoms with E-state index in [1.54, 1.807) is 27.7 Å². The first kappa shape index (κ1) is 15.2. The van der Waals surface area contributed by atoms with Crippen molar-refractivity contribution >= 4 is 17.0 Å². The number of fused-ring (bicyclic) bond motifs is 1. The van der Waals surface area contributed by atoms with E-state index in [0.29, 0.717) is 24.4 Å². The quantitative estimate of drug-likeness (QED) is 0.718. The third kappa shape index (κ3) is 2.80. The highest BCUT2D eigenvalue weighted by Crippen LogP contribution is 2.22. The maximum Gasteiger partial charge on any atom is 0.338 e. The Balaban J connectivity index is 2.06. The number of carbonyl (C=O) groups excluding carboxylic acids is 1. The molecule has 23 heavy (non-hydrogen) atoms. The fraction of sp³-hybridized carbons (Fsp3) is 0.267. The zero-order valence-corrected chi connectivity index (χ0v) is 12.4. The molecule has 2 aromatic heterocycles. The van der Waals surface area contributed by atoms with Gasteiger partial charge in [-0.15, -0.1) is 0 Å². The van der Waals surface area contributed by atoms with Crippen LogP contribution in [0.4, 0.5) is 4.39 Å². The number of aliphatic hydroxyl groups excluding tert-OH is 1. The lowest BCUT2D eigenvalue weighted by Crippen LogP contribution is -2.11. The minimum Gasteiger partial charge on any atom is -0.465 e. The van der Waals surface area contributed by atoms with Gasteiger partial charge >= 0.3 is 5.97 Å². The van der Waals surface area contributed by atoms with E-state index in [1.165, 1.54) is 13.2 Å². The number of ether oxygens (including phenoxy) is 1. The third-order valence-electron chi connectivity index (χ3n) is 3.56. The summed E-state index contributed by atoms with van der Waals surface area (Å²) in [5.41, 5.74) is 0.644. The molecule has 0 saturated heterocycles. The van der Waals surface area contributed by atoms with Crippen molar-refractivity contribution in [1.82, 2.24) is 19.3 Å². The molecule has 0 amide bonds. The van der Waals surface area contributed by atoms with E-state index < -0.39 is 11.8 Å². The topological polar surface area (TPSA) is 82.2 Å². The Hall–Kier alpha value is -2.74. The summed E-state index contributed by atoms with van der Waals surface area (Å²) in [5, 5.41) is 13.6. The molecule has 0 aliphatic heterocycles. The van der Waals surface area contributed by atoms with Gasteiger partial charge in [-0.2, -0.15) is 5.10 Å². The minimum atomic E-state index is -0.629. The lowest BCUT2D eigenvalue weighted by Gasteiger charge is -2.09. The Morgan fingerprint density at radius 3 is 2.87 bits per heavy atom. The number of imidazole rings is 1. The van der Waals surface area contributed by atoms with Crippen molar-refractivity contribution in [1.29, 1.82) is 0 Å². The van der Waals surface area contributed by atoms with Gasteiger partial charge in [-0.1, -0.05) is 0 Å². The van der Waals surface area contributed by atoms with Gasteiger partial charge in [0.05, 0.1) is 24.7 Å². The number of carbonyl (C=O) groups is 1. The lowest BCUT2D eigenvalue weighted by molar-refractivity contribution is 0.0600. The van der Waals surface area contributed by atoms with Crippen LogP contribution in [0.15, 0.2) is 30.6 Å². The molecule has 0 atom stereocenters. The van der Waals surface area contributed by atoms with Crippen molar-refractivity contribution in [3.05, 3.63) is 47.8 Å². The van der Waals surface area contributed by atoms with E-state index in [1.807, 2.05) is 0 Å². The number of aromatic nitrogens is 4. The van der Waals surface area contributed by atoms with Crippen LogP contribution in [-0.2, 0) is 24.4 Å². The van der Waals surface area contributed by atoms with Crippen LogP contribution in [0.25, 0.3) is 11.0 Å². The molecule has 0 saturated carbocycles. The third-order valence-corrected chi connectivity index (χ3v) is 3.56. The first-order chi connectivity index (χ1) is 11.1. The number of rotatable bonds is 5. The summed E-state index contributed by atoms with van der Waals surface area (Å²) < 4.78 is 22.2. The zero-order chi connectivity index (χ0) is 16.4. The van der Waals surface area contributed by atoms with E-state index in [0.717, 1.165) is 6.07 Å². The number of hydrogen-bond acceptors (Lipinski definition) is 5. The molecule has 0 aliphatic rings. The number of aliphatic hydroxyl groups is 1. The smallest absolute Gasteiger partial charge is 0.338 e. The van der Waals surface area contributed by atoms with Gasteiger partial charge in [0, 0.05) is 18.9 Å². The summed E-state index contributed by atoms with van der Waals surface area (Å²) in [7, 11) is 1.23. The summed E-state index contributed by atoms with van der Waals surface area (Å²) in [6.07, 6.45) is 3.46. The van der Waals surface area contributed by atoms with Gasteiger partial charge in [0.15, 0.2) is 5.82 Å². The molecule has 120 valence electrons. The molecule has 0 bridgehead atoms. The highest BCUT2D eigenvalue weighted by atomic mass is 19.1. The summed E-state index contributed by atoms with van der Waals surface area (Å²) in [6.45, 7) is 0.619. The number of halogens is 1. The number of nitrogens with zero attached hydrogens (tertiary/aromatic N) is 4. The molecular weight excluding hydrogens is 303 g/mol. The van der Waals surface area contributed by atoms with Crippen LogP contribution in [0.2, 0.25) is 0 Å². The first-order valence-corrected chi connectivity index (χ1v) is 6.99. The SMILES string of the molecule is COC(=O)c1cc(F)c2nc(CO)n(CCn3cccn3)c2c1. The van der Waals surface area contributed by atoms with Gasteiger partial charge in [0.2, 0.25) is 0 Å². The van der Waals surface area contributed by atoms with E-state index in [-0.39, 0.29) is 17.7 Å². The highest BCUT2D eigenvalue weighted by Gasteiger charge is 2.17. The summed E-state index contributed by atoms with van der Waals surface area (Å²) >= 11 is 0. The van der Waals surface area contributed by atoms with Crippen LogP contribution in [0.1, 0.15) is 16.2 Å². The predicted octanol–water partition coefficient (Wildman–Crippen LogP) is 1.35. The Morgan fingerprint density at radius 2 is 2.22 bits per heavy atom. The van der Waals surface area contributed by atoms with Gasteiger partial charge in [-0.25, -0.2) is 14.2 Å². The molecule has 0 spiro atoms. The largest absolute Gasteiger partial charge is 0.465 e. The second kappa shape index (κ2) is 6.17. The number of benzene rings is 1. The van der Waals surface area contributed by atoms with E-state index in [2.05, 4.69) is 14.8 Å². The van der Waals surface area contributed by atoms with E-state index >= 15 is 0 Å². The Bertz CT molecular complexity index is 842. The predicted molar refractivity (Wildman–Crippen MR) is 79.2 cm³/mol. The molecule has 0 radical (unpaired) electrons. The monoisotopic (exact) mass is 318 g/mol. The van der Waals surface area contributed by atoms with Crippen LogP contribution < -0.4 is 0 Å². The number of hydrogen-bond donors (Lipinski definition) is 1. The molecule has 3 aromatic rings. The van der Waals surface area contributed by atoms with Gasteiger partial charge in [0.25, 0.3) is 0 Å². The number of esters is 1. The molecule has 0 unspecified atom stereocenters. The van der Waals surface area contributed by atoms with Crippen molar-refractivity contribution in [3.63, 3.8) is 0 Å². The maximum atomic E-state index is 14.2. The van der Waals surface area contributed by atoms with Gasteiger partial charge < -0.3 is 14.4 Å². The number of aryl methyl sites for hydroxylation is 2. The zero-order valence-electron chi connectivity index (χ0n) is 12.4. The fourth-order valence-corrected chi connectivity index (χ4v) is 2.47. The molecule has 7 nitrogen and oxygen atoms in total. The Kier molecular flexibility index (Phi) is 4.07. The van der Waals surface area contributed by atoms with Crippen molar-refractivity contribution in [2.75, 3.05) is 7.11 Å². The molecular formula is C15H15FN4O3. The van der Waals surface area contributed by atoms with Crippen LogP contribution >= 0.6 is 0 Å². The molecule has 8 heteroatoms. The molecule has 2 heterocycles. The average molecular weight is 318 g/mol. The molecule has 3 rings (SSSR count). The Morgan fingerprint density at radius 1 is 1.39 bits per heavy atom. The standard InChI is InChI=1S/C15H15FN4O3/c1-23-15(22)10-7-11(16)14-12(8-10)20(13(9-21)18-14)6-5-19-4-2-3-17-19/h2-4,7-8,21H,5-6,9H2,1H3. The van der Waals surface area contributed by atoms with Crippen LogP contribution in [0.3, 0.4) is 0 Å². The van der Waals surface area contributed by atoms with Gasteiger partial charge in [-0.05, 0) is 18.2 Å². The van der Waals surface area contributed by atoms with Gasteiger partial charge in [-0.3, -0.25) is 4.68 Å². The van der Waals surface area contributed by atoms with Crippen LogP contribution in [-0.4, -0.2) is 37.5 Å². The second-order valence-corrected chi connectivity index (χ2v) is 4.92. The summed E-state index contributed by atoms with van der Waals surface area (Å²) in [5.74, 6) is -0.931. The molecule has 0 fully saturated rings. The van der Waals surface area contributed by atoms with Crippen molar-refractivity contribution < 1.29 is 19.0 Å². The normalized spacial score (nSPS) is 11.1. The summed E-state index contributed by atoms with van der Waals surface area (Å²) in [6, 6.07) is 4.40. The summed E-state index contributed by atoms with van der Waals surface area (Å²) in [4.78, 5) is 15.8. The molecule has 1 aromatic carbocycles. The fourth-order valence-electron chi connectivity index (χ4n) is 2.47. The lowest BCUT2D eigenvalue weighted by atomic mass is 10.2. The van der Waals surface area contributed by atoms with Crippen molar-refractivity contribution in [2.45, 2.75) is 19.7 Å². The van der Waals surface area contributed by atoms with Crippen molar-refractivity contribution in [3.8, 4) is 0 Å². The average Bonchev–Trinajstić information content (AvgIpc) is 3.19. The number of methoxy groups -OCH3 is 1. The maximum absolute atomic E-state index is 14.2.